The molecule has 1 amide bonds. The van der Waals surface area contributed by atoms with E-state index in [-0.39, 0.29) is 23.9 Å². The maximum atomic E-state index is 12.5. The average Bonchev–Trinajstić information content (AvgIpc) is 2.62. The number of hydrogen-bond donors (Lipinski definition) is 2. The number of amides is 1. The lowest BCUT2D eigenvalue weighted by Gasteiger charge is -2.31. The SMILES string of the molecule is COc1cc([N+](=O)[O-])ccc1NC(=O)CN1CCCc2c(N)cccc21. The first kappa shape index (κ1) is 17.5. The summed E-state index contributed by atoms with van der Waals surface area (Å²) in [5.41, 5.74) is 9.12. The van der Waals surface area contributed by atoms with Crippen molar-refractivity contribution in [2.45, 2.75) is 12.8 Å². The maximum Gasteiger partial charge on any atom is 0.273 e. The molecule has 0 atom stereocenters. The zero-order chi connectivity index (χ0) is 18.7. The molecular formula is C18H20N4O4. The van der Waals surface area contributed by atoms with Gasteiger partial charge in [-0.3, -0.25) is 14.9 Å². The van der Waals surface area contributed by atoms with Crippen LogP contribution in [0.2, 0.25) is 0 Å². The Balaban J connectivity index is 1.75. The molecule has 0 radical (unpaired) electrons. The highest BCUT2D eigenvalue weighted by atomic mass is 16.6. The monoisotopic (exact) mass is 356 g/mol. The predicted molar refractivity (Wildman–Crippen MR) is 99.7 cm³/mol. The zero-order valence-electron chi connectivity index (χ0n) is 14.4. The normalized spacial score (nSPS) is 13.0. The van der Waals surface area contributed by atoms with Crippen molar-refractivity contribution in [3.8, 4) is 5.75 Å². The smallest absolute Gasteiger partial charge is 0.273 e. The van der Waals surface area contributed by atoms with E-state index in [4.69, 9.17) is 10.5 Å². The van der Waals surface area contributed by atoms with Gasteiger partial charge in [-0.1, -0.05) is 6.07 Å². The topological polar surface area (TPSA) is 111 Å². The number of benzene rings is 2. The molecule has 0 aromatic heterocycles. The number of nitrogen functional groups attached to an aromatic ring is 1. The van der Waals surface area contributed by atoms with Crippen molar-refractivity contribution in [1.29, 1.82) is 0 Å². The molecule has 8 heteroatoms. The lowest BCUT2D eigenvalue weighted by molar-refractivity contribution is -0.384. The van der Waals surface area contributed by atoms with Gasteiger partial charge in [0.25, 0.3) is 5.69 Å². The Labute approximate surface area is 150 Å². The van der Waals surface area contributed by atoms with Crippen molar-refractivity contribution < 1.29 is 14.5 Å². The van der Waals surface area contributed by atoms with E-state index in [1.807, 2.05) is 23.1 Å². The number of carbonyl (C=O) groups is 1. The Hall–Kier alpha value is -3.29. The van der Waals surface area contributed by atoms with Gasteiger partial charge in [-0.25, -0.2) is 0 Å². The Morgan fingerprint density at radius 3 is 2.92 bits per heavy atom. The van der Waals surface area contributed by atoms with Gasteiger partial charge in [0.05, 0.1) is 30.3 Å². The van der Waals surface area contributed by atoms with E-state index in [2.05, 4.69) is 5.32 Å². The summed E-state index contributed by atoms with van der Waals surface area (Å²) < 4.78 is 5.15. The van der Waals surface area contributed by atoms with Gasteiger partial charge >= 0.3 is 0 Å². The van der Waals surface area contributed by atoms with Crippen LogP contribution in [0.15, 0.2) is 36.4 Å². The first-order valence-corrected chi connectivity index (χ1v) is 8.24. The van der Waals surface area contributed by atoms with E-state index in [1.165, 1.54) is 25.3 Å². The van der Waals surface area contributed by atoms with Crippen LogP contribution in [0.1, 0.15) is 12.0 Å². The Morgan fingerprint density at radius 1 is 1.38 bits per heavy atom. The molecule has 0 saturated carbocycles. The van der Waals surface area contributed by atoms with Gasteiger partial charge in [0.15, 0.2) is 0 Å². The lowest BCUT2D eigenvalue weighted by atomic mass is 10.00. The number of nitrogens with zero attached hydrogens (tertiary/aromatic N) is 2. The third-order valence-corrected chi connectivity index (χ3v) is 4.39. The summed E-state index contributed by atoms with van der Waals surface area (Å²) in [7, 11) is 1.40. The molecule has 3 rings (SSSR count). The number of nitrogens with two attached hydrogens (primary N) is 1. The van der Waals surface area contributed by atoms with Gasteiger partial charge in [-0.05, 0) is 36.6 Å². The van der Waals surface area contributed by atoms with Crippen LogP contribution in [0.3, 0.4) is 0 Å². The van der Waals surface area contributed by atoms with Gasteiger partial charge in [-0.15, -0.1) is 0 Å². The van der Waals surface area contributed by atoms with Crippen LogP contribution in [0.5, 0.6) is 5.75 Å². The first-order chi connectivity index (χ1) is 12.5. The Morgan fingerprint density at radius 2 is 2.19 bits per heavy atom. The van der Waals surface area contributed by atoms with E-state index in [9.17, 15) is 14.9 Å². The predicted octanol–water partition coefficient (Wildman–Crippen LogP) is 2.58. The molecule has 0 unspecified atom stereocenters. The number of anilines is 3. The van der Waals surface area contributed by atoms with E-state index in [0.29, 0.717) is 5.69 Å². The highest BCUT2D eigenvalue weighted by Gasteiger charge is 2.21. The lowest BCUT2D eigenvalue weighted by Crippen LogP contribution is -2.37. The molecule has 2 aromatic carbocycles. The molecule has 1 aliphatic heterocycles. The number of rotatable bonds is 5. The van der Waals surface area contributed by atoms with Crippen LogP contribution in [0, 0.1) is 10.1 Å². The van der Waals surface area contributed by atoms with Crippen LogP contribution in [-0.4, -0.2) is 31.0 Å². The summed E-state index contributed by atoms with van der Waals surface area (Å²) >= 11 is 0. The van der Waals surface area contributed by atoms with E-state index >= 15 is 0 Å². The molecule has 1 heterocycles. The summed E-state index contributed by atoms with van der Waals surface area (Å²) in [6.07, 6.45) is 1.83. The van der Waals surface area contributed by atoms with E-state index < -0.39 is 4.92 Å². The highest BCUT2D eigenvalue weighted by molar-refractivity contribution is 5.96. The summed E-state index contributed by atoms with van der Waals surface area (Å²) in [5, 5.41) is 13.6. The maximum absolute atomic E-state index is 12.5. The number of methoxy groups -OCH3 is 1. The van der Waals surface area contributed by atoms with Crippen LogP contribution in [0.4, 0.5) is 22.7 Å². The van der Waals surface area contributed by atoms with Crippen LogP contribution < -0.4 is 20.7 Å². The largest absolute Gasteiger partial charge is 0.494 e. The number of nitro groups is 1. The van der Waals surface area contributed by atoms with Crippen molar-refractivity contribution in [3.05, 3.63) is 52.1 Å². The summed E-state index contributed by atoms with van der Waals surface area (Å²) in [5.74, 6) is 0.0169. The number of fused-ring (bicyclic) bond motifs is 1. The molecule has 0 spiro atoms. The minimum absolute atomic E-state index is 0.0970. The molecule has 0 aliphatic carbocycles. The number of non-ortho nitro benzene ring substituents is 1. The third-order valence-electron chi connectivity index (χ3n) is 4.39. The minimum Gasteiger partial charge on any atom is -0.494 e. The molecule has 3 N–H and O–H groups in total. The first-order valence-electron chi connectivity index (χ1n) is 8.24. The van der Waals surface area contributed by atoms with Crippen molar-refractivity contribution >= 4 is 28.7 Å². The van der Waals surface area contributed by atoms with Gasteiger partial charge in [0.1, 0.15) is 5.75 Å². The minimum atomic E-state index is -0.511. The molecule has 0 fully saturated rings. The van der Waals surface area contributed by atoms with Gasteiger partial charge in [0, 0.05) is 24.0 Å². The average molecular weight is 356 g/mol. The number of nitro benzene ring substituents is 1. The second-order valence-electron chi connectivity index (χ2n) is 6.06. The molecule has 136 valence electrons. The number of nitrogens with one attached hydrogen (secondary N) is 1. The molecule has 26 heavy (non-hydrogen) atoms. The highest BCUT2D eigenvalue weighted by Crippen LogP contribution is 2.32. The quantitative estimate of drug-likeness (QED) is 0.484. The standard InChI is InChI=1S/C18H20N4O4/c1-26-17-10-12(22(24)25)7-8-15(17)20-18(23)11-21-9-3-4-13-14(19)5-2-6-16(13)21/h2,5-8,10H,3-4,9,11,19H2,1H3,(H,20,23). The zero-order valence-corrected chi connectivity index (χ0v) is 14.4. The second-order valence-corrected chi connectivity index (χ2v) is 6.06. The van der Waals surface area contributed by atoms with E-state index in [0.717, 1.165) is 36.3 Å². The molecule has 0 bridgehead atoms. The fraction of sp³-hybridized carbons (Fsp3) is 0.278. The van der Waals surface area contributed by atoms with Gasteiger partial charge < -0.3 is 20.7 Å². The fourth-order valence-electron chi connectivity index (χ4n) is 3.15. The molecule has 8 nitrogen and oxygen atoms in total. The second kappa shape index (κ2) is 7.30. The Kier molecular flexibility index (Phi) is 4.92. The van der Waals surface area contributed by atoms with Crippen molar-refractivity contribution in [1.82, 2.24) is 0 Å². The van der Waals surface area contributed by atoms with Crippen molar-refractivity contribution in [3.63, 3.8) is 0 Å². The Bertz CT molecular complexity index is 853. The summed E-state index contributed by atoms with van der Waals surface area (Å²) in [6, 6.07) is 9.79. The van der Waals surface area contributed by atoms with E-state index in [1.54, 1.807) is 0 Å². The molecule has 1 aliphatic rings. The summed E-state index contributed by atoms with van der Waals surface area (Å²) in [4.78, 5) is 24.8. The number of hydrogen-bond acceptors (Lipinski definition) is 6. The van der Waals surface area contributed by atoms with Crippen molar-refractivity contribution in [2.75, 3.05) is 36.1 Å². The summed E-state index contributed by atoms with van der Waals surface area (Å²) in [6.45, 7) is 0.928. The van der Waals surface area contributed by atoms with Crippen LogP contribution in [0.25, 0.3) is 0 Å². The fourth-order valence-corrected chi connectivity index (χ4v) is 3.15. The van der Waals surface area contributed by atoms with Gasteiger partial charge in [0.2, 0.25) is 5.91 Å². The van der Waals surface area contributed by atoms with Crippen LogP contribution >= 0.6 is 0 Å². The molecule has 0 saturated heterocycles. The van der Waals surface area contributed by atoms with Gasteiger partial charge in [-0.2, -0.15) is 0 Å². The molecule has 2 aromatic rings. The number of ether oxygens (including phenoxy) is 1. The van der Waals surface area contributed by atoms with Crippen molar-refractivity contribution in [2.24, 2.45) is 0 Å². The van der Waals surface area contributed by atoms with Crippen LogP contribution in [-0.2, 0) is 11.2 Å². The third kappa shape index (κ3) is 3.53. The molecular weight excluding hydrogens is 336 g/mol. The number of carbonyl (C=O) groups excluding carboxylic acids is 1.